The number of sulfone groups is 1. The van der Waals surface area contributed by atoms with Crippen LogP contribution in [0.15, 0.2) is 82.8 Å². The second kappa shape index (κ2) is 8.10. The zero-order valence-corrected chi connectivity index (χ0v) is 15.9. The van der Waals surface area contributed by atoms with E-state index in [0.717, 1.165) is 5.56 Å². The molecule has 1 atom stereocenters. The van der Waals surface area contributed by atoms with E-state index in [4.69, 9.17) is 10.5 Å². The number of benzene rings is 2. The fourth-order valence-corrected chi connectivity index (χ4v) is 4.29. The van der Waals surface area contributed by atoms with Gasteiger partial charge in [0.25, 0.3) is 0 Å². The first-order valence-electron chi connectivity index (χ1n) is 8.37. The summed E-state index contributed by atoms with van der Waals surface area (Å²) in [5.74, 6) is 0.275. The van der Waals surface area contributed by atoms with Gasteiger partial charge in [-0.1, -0.05) is 24.3 Å². The summed E-state index contributed by atoms with van der Waals surface area (Å²) >= 11 is 0. The van der Waals surface area contributed by atoms with Crippen LogP contribution >= 0.6 is 0 Å². The molecule has 0 saturated heterocycles. The van der Waals surface area contributed by atoms with E-state index in [0.29, 0.717) is 5.56 Å². The van der Waals surface area contributed by atoms with Crippen molar-refractivity contribution >= 4 is 15.9 Å². The molecule has 0 saturated carbocycles. The summed E-state index contributed by atoms with van der Waals surface area (Å²) in [6, 6.07) is 15.0. The second-order valence-electron chi connectivity index (χ2n) is 5.95. The molecule has 0 bridgehead atoms. The van der Waals surface area contributed by atoms with Crippen LogP contribution in [0.5, 0.6) is 5.75 Å². The molecule has 1 unspecified atom stereocenters. The first-order valence-corrected chi connectivity index (χ1v) is 9.86. The molecule has 0 radical (unpaired) electrons. The van der Waals surface area contributed by atoms with Crippen molar-refractivity contribution in [3.8, 4) is 5.75 Å². The van der Waals surface area contributed by atoms with Crippen molar-refractivity contribution in [1.82, 2.24) is 10.3 Å². The lowest BCUT2D eigenvalue weighted by Gasteiger charge is -2.19. The number of urea groups is 1. The lowest BCUT2D eigenvalue weighted by atomic mass is 10.00. The number of pyridine rings is 1. The molecule has 2 aromatic carbocycles. The first-order chi connectivity index (χ1) is 13.4. The molecular formula is C20H19N3O4S. The van der Waals surface area contributed by atoms with Crippen molar-refractivity contribution in [3.63, 3.8) is 0 Å². The van der Waals surface area contributed by atoms with E-state index in [-0.39, 0.29) is 15.5 Å². The Hall–Kier alpha value is -3.39. The molecule has 28 heavy (non-hydrogen) atoms. The van der Waals surface area contributed by atoms with E-state index in [1.165, 1.54) is 25.3 Å². The molecule has 0 fully saturated rings. The van der Waals surface area contributed by atoms with Gasteiger partial charge in [-0.05, 0) is 47.5 Å². The van der Waals surface area contributed by atoms with Gasteiger partial charge in [0.1, 0.15) is 10.6 Å². The van der Waals surface area contributed by atoms with E-state index in [1.54, 1.807) is 54.9 Å². The van der Waals surface area contributed by atoms with Gasteiger partial charge in [0.05, 0.1) is 18.0 Å². The number of ether oxygens (including phenoxy) is 1. The summed E-state index contributed by atoms with van der Waals surface area (Å²) < 4.78 is 31.1. The van der Waals surface area contributed by atoms with Crippen LogP contribution in [0, 0.1) is 0 Å². The summed E-state index contributed by atoms with van der Waals surface area (Å²) in [6.45, 7) is 0. The molecule has 0 spiro atoms. The number of methoxy groups -OCH3 is 1. The Balaban J connectivity index is 1.99. The Kier molecular flexibility index (Phi) is 5.60. The monoisotopic (exact) mass is 397 g/mol. The SMILES string of the molecule is COc1ccccc1S(=O)(=O)c1ccc(C(NC(N)=O)c2ccncc2)cc1. The lowest BCUT2D eigenvalue weighted by Crippen LogP contribution is -2.33. The van der Waals surface area contributed by atoms with Crippen molar-refractivity contribution in [3.05, 3.63) is 84.2 Å². The number of primary amides is 1. The van der Waals surface area contributed by atoms with Crippen LogP contribution in [0.25, 0.3) is 0 Å². The third-order valence-corrected chi connectivity index (χ3v) is 6.02. The number of carbonyl (C=O) groups excluding carboxylic acids is 1. The molecule has 7 nitrogen and oxygen atoms in total. The molecular weight excluding hydrogens is 378 g/mol. The first kappa shape index (κ1) is 19.4. The second-order valence-corrected chi connectivity index (χ2v) is 7.86. The number of carbonyl (C=O) groups is 1. The van der Waals surface area contributed by atoms with E-state index in [1.807, 2.05) is 0 Å². The van der Waals surface area contributed by atoms with Gasteiger partial charge >= 0.3 is 6.03 Å². The molecule has 1 aromatic heterocycles. The summed E-state index contributed by atoms with van der Waals surface area (Å²) in [5.41, 5.74) is 6.76. The van der Waals surface area contributed by atoms with Gasteiger partial charge in [-0.3, -0.25) is 4.98 Å². The number of nitrogens with two attached hydrogens (primary N) is 1. The van der Waals surface area contributed by atoms with Crippen molar-refractivity contribution in [2.45, 2.75) is 15.8 Å². The highest BCUT2D eigenvalue weighted by molar-refractivity contribution is 7.91. The Morgan fingerprint density at radius 2 is 1.61 bits per heavy atom. The molecule has 3 aromatic rings. The lowest BCUT2D eigenvalue weighted by molar-refractivity contribution is 0.247. The Morgan fingerprint density at radius 1 is 1.00 bits per heavy atom. The van der Waals surface area contributed by atoms with Crippen LogP contribution in [0.2, 0.25) is 0 Å². The van der Waals surface area contributed by atoms with E-state index >= 15 is 0 Å². The van der Waals surface area contributed by atoms with Crippen LogP contribution in [0.4, 0.5) is 4.79 Å². The quantitative estimate of drug-likeness (QED) is 0.664. The zero-order valence-electron chi connectivity index (χ0n) is 15.1. The smallest absolute Gasteiger partial charge is 0.312 e. The largest absolute Gasteiger partial charge is 0.495 e. The van der Waals surface area contributed by atoms with Gasteiger partial charge in [-0.2, -0.15) is 0 Å². The van der Waals surface area contributed by atoms with Crippen molar-refractivity contribution in [1.29, 1.82) is 0 Å². The average molecular weight is 397 g/mol. The van der Waals surface area contributed by atoms with E-state index < -0.39 is 21.9 Å². The molecule has 8 heteroatoms. The summed E-state index contributed by atoms with van der Waals surface area (Å²) in [7, 11) is -2.34. The number of nitrogens with zero attached hydrogens (tertiary/aromatic N) is 1. The Morgan fingerprint density at radius 3 is 2.21 bits per heavy atom. The molecule has 0 aliphatic carbocycles. The van der Waals surface area contributed by atoms with Crippen molar-refractivity contribution < 1.29 is 17.9 Å². The summed E-state index contributed by atoms with van der Waals surface area (Å²) in [6.07, 6.45) is 3.21. The molecule has 0 aliphatic rings. The fourth-order valence-electron chi connectivity index (χ4n) is 2.86. The van der Waals surface area contributed by atoms with Crippen molar-refractivity contribution in [2.75, 3.05) is 7.11 Å². The molecule has 2 amide bonds. The minimum absolute atomic E-state index is 0.0891. The highest BCUT2D eigenvalue weighted by Gasteiger charge is 2.23. The summed E-state index contributed by atoms with van der Waals surface area (Å²) in [4.78, 5) is 15.6. The highest BCUT2D eigenvalue weighted by Crippen LogP contribution is 2.30. The number of rotatable bonds is 6. The van der Waals surface area contributed by atoms with Gasteiger partial charge in [0, 0.05) is 12.4 Å². The normalized spacial score (nSPS) is 12.2. The van der Waals surface area contributed by atoms with Crippen LogP contribution in [0.3, 0.4) is 0 Å². The minimum atomic E-state index is -3.76. The topological polar surface area (TPSA) is 111 Å². The number of para-hydroxylation sites is 1. The number of hydrogen-bond acceptors (Lipinski definition) is 5. The van der Waals surface area contributed by atoms with Gasteiger partial charge in [0.2, 0.25) is 9.84 Å². The summed E-state index contributed by atoms with van der Waals surface area (Å²) in [5, 5.41) is 2.66. The third-order valence-electron chi connectivity index (χ3n) is 4.21. The highest BCUT2D eigenvalue weighted by atomic mass is 32.2. The average Bonchev–Trinajstić information content (AvgIpc) is 2.72. The van der Waals surface area contributed by atoms with Gasteiger partial charge in [0.15, 0.2) is 0 Å². The number of nitrogens with one attached hydrogen (secondary N) is 1. The molecule has 144 valence electrons. The van der Waals surface area contributed by atoms with Gasteiger partial charge < -0.3 is 15.8 Å². The zero-order chi connectivity index (χ0) is 20.1. The van der Waals surface area contributed by atoms with Crippen LogP contribution in [0.1, 0.15) is 17.2 Å². The molecule has 0 aliphatic heterocycles. The van der Waals surface area contributed by atoms with Crippen LogP contribution < -0.4 is 15.8 Å². The Bertz CT molecular complexity index is 1070. The molecule has 3 N–H and O–H groups in total. The van der Waals surface area contributed by atoms with Gasteiger partial charge in [-0.15, -0.1) is 0 Å². The Labute approximate surface area is 163 Å². The van der Waals surface area contributed by atoms with Gasteiger partial charge in [-0.25, -0.2) is 13.2 Å². The predicted octanol–water partition coefficient (Wildman–Crippen LogP) is 2.68. The predicted molar refractivity (Wildman–Crippen MR) is 104 cm³/mol. The fraction of sp³-hybridized carbons (Fsp3) is 0.100. The third kappa shape index (κ3) is 3.96. The maximum atomic E-state index is 13.0. The minimum Gasteiger partial charge on any atom is -0.495 e. The van der Waals surface area contributed by atoms with Crippen LogP contribution in [-0.2, 0) is 9.84 Å². The van der Waals surface area contributed by atoms with Crippen molar-refractivity contribution in [2.24, 2.45) is 5.73 Å². The molecule has 3 rings (SSSR count). The van der Waals surface area contributed by atoms with E-state index in [9.17, 15) is 13.2 Å². The standard InChI is InChI=1S/C20H19N3O4S/c1-27-17-4-2-3-5-18(17)28(25,26)16-8-6-14(7-9-16)19(23-20(21)24)15-10-12-22-13-11-15/h2-13,19H,1H3,(H3,21,23,24). The number of hydrogen-bond donors (Lipinski definition) is 2. The maximum Gasteiger partial charge on any atom is 0.312 e. The number of amides is 2. The van der Waals surface area contributed by atoms with E-state index in [2.05, 4.69) is 10.3 Å². The number of aromatic nitrogens is 1. The van der Waals surface area contributed by atoms with Crippen LogP contribution in [-0.4, -0.2) is 26.5 Å². The molecule has 1 heterocycles. The maximum absolute atomic E-state index is 13.0.